The van der Waals surface area contributed by atoms with Crippen LogP contribution < -0.4 is 5.32 Å². The highest BCUT2D eigenvalue weighted by Crippen LogP contribution is 2.33. The van der Waals surface area contributed by atoms with Crippen LogP contribution in [0.5, 0.6) is 0 Å². The lowest BCUT2D eigenvalue weighted by Gasteiger charge is -2.38. The Morgan fingerprint density at radius 1 is 1.35 bits per heavy atom. The first-order valence-corrected chi connectivity index (χ1v) is 8.83. The predicted octanol–water partition coefficient (Wildman–Crippen LogP) is 2.78. The van der Waals surface area contributed by atoms with Crippen molar-refractivity contribution < 1.29 is 22.8 Å². The number of halogens is 4. The van der Waals surface area contributed by atoms with Gasteiger partial charge in [0.25, 0.3) is 0 Å². The number of benzene rings is 1. The molecule has 0 aliphatic carbocycles. The zero-order chi connectivity index (χ0) is 19.1. The maximum atomic E-state index is 12.9. The summed E-state index contributed by atoms with van der Waals surface area (Å²) in [5.41, 5.74) is -0.152. The molecule has 2 aromatic rings. The fraction of sp³-hybridized carbons (Fsp3) is 0.294. The summed E-state index contributed by atoms with van der Waals surface area (Å²) >= 11 is 1.96. The van der Waals surface area contributed by atoms with Crippen LogP contribution >= 0.6 is 22.6 Å². The zero-order valence-electron chi connectivity index (χ0n) is 13.5. The molecule has 1 N–H and O–H groups in total. The van der Waals surface area contributed by atoms with E-state index in [1.54, 1.807) is 15.7 Å². The Hall–Kier alpha value is -2.04. The van der Waals surface area contributed by atoms with E-state index in [0.29, 0.717) is 27.6 Å². The second-order valence-electron chi connectivity index (χ2n) is 6.05. The van der Waals surface area contributed by atoms with Gasteiger partial charge >= 0.3 is 6.18 Å². The topological polar surface area (TPSA) is 54.3 Å². The molecule has 1 aliphatic heterocycles. The van der Waals surface area contributed by atoms with Crippen LogP contribution in [-0.2, 0) is 22.3 Å². The summed E-state index contributed by atoms with van der Waals surface area (Å²) in [6.07, 6.45) is -1.53. The third kappa shape index (κ3) is 3.71. The van der Waals surface area contributed by atoms with Gasteiger partial charge in [-0.2, -0.15) is 13.2 Å². The van der Waals surface area contributed by atoms with E-state index in [9.17, 15) is 22.8 Å². The third-order valence-corrected chi connectivity index (χ3v) is 5.07. The lowest BCUT2D eigenvalue weighted by molar-refractivity contribution is -0.137. The van der Waals surface area contributed by atoms with Crippen LogP contribution in [0.15, 0.2) is 37.1 Å². The Balaban J connectivity index is 1.68. The Morgan fingerprint density at radius 2 is 2.04 bits per heavy atom. The number of hydrogen-bond acceptors (Lipinski definition) is 2. The number of carbonyl (C=O) groups excluding carboxylic acids is 2. The van der Waals surface area contributed by atoms with Gasteiger partial charge in [0.1, 0.15) is 6.54 Å². The highest BCUT2D eigenvalue weighted by atomic mass is 127. The van der Waals surface area contributed by atoms with Crippen molar-refractivity contribution in [2.24, 2.45) is 0 Å². The van der Waals surface area contributed by atoms with Gasteiger partial charge in [-0.25, -0.2) is 0 Å². The van der Waals surface area contributed by atoms with Crippen LogP contribution in [0.1, 0.15) is 5.56 Å². The number of amides is 2. The SMILES string of the molecule is C=CC(=O)N1CC(NC(=O)Cn2cc(I)c3cc(C(F)(F)F)ccc32)C1. The summed E-state index contributed by atoms with van der Waals surface area (Å²) in [6, 6.07) is 3.36. The number of carbonyl (C=O) groups is 2. The smallest absolute Gasteiger partial charge is 0.348 e. The maximum absolute atomic E-state index is 12.9. The molecule has 5 nitrogen and oxygen atoms in total. The fourth-order valence-corrected chi connectivity index (χ4v) is 3.64. The average Bonchev–Trinajstić information content (AvgIpc) is 2.84. The molecule has 138 valence electrons. The lowest BCUT2D eigenvalue weighted by Crippen LogP contribution is -2.61. The van der Waals surface area contributed by atoms with Gasteiger partial charge in [0.2, 0.25) is 11.8 Å². The molecule has 0 saturated carbocycles. The quantitative estimate of drug-likeness (QED) is 0.544. The molecule has 1 aliphatic rings. The average molecular weight is 477 g/mol. The van der Waals surface area contributed by atoms with Gasteiger partial charge in [-0.1, -0.05) is 6.58 Å². The van der Waals surface area contributed by atoms with Crippen LogP contribution in [0.2, 0.25) is 0 Å². The minimum atomic E-state index is -4.41. The van der Waals surface area contributed by atoms with Gasteiger partial charge in [0.15, 0.2) is 0 Å². The van der Waals surface area contributed by atoms with Crippen LogP contribution in [-0.4, -0.2) is 40.4 Å². The van der Waals surface area contributed by atoms with Crippen molar-refractivity contribution >= 4 is 45.3 Å². The van der Waals surface area contributed by atoms with E-state index in [4.69, 9.17) is 0 Å². The van der Waals surface area contributed by atoms with E-state index in [1.807, 2.05) is 22.6 Å². The molecule has 0 bridgehead atoms. The normalized spacial score (nSPS) is 15.0. The Bertz CT molecular complexity index is 885. The van der Waals surface area contributed by atoms with Gasteiger partial charge in [-0.05, 0) is 46.9 Å². The van der Waals surface area contributed by atoms with Crippen molar-refractivity contribution in [3.05, 3.63) is 46.2 Å². The minimum absolute atomic E-state index is 0.00320. The number of nitrogens with one attached hydrogen (secondary N) is 1. The molecule has 1 fully saturated rings. The first-order valence-electron chi connectivity index (χ1n) is 7.75. The van der Waals surface area contributed by atoms with E-state index in [2.05, 4.69) is 11.9 Å². The van der Waals surface area contributed by atoms with E-state index < -0.39 is 11.7 Å². The van der Waals surface area contributed by atoms with Crippen LogP contribution in [0.4, 0.5) is 13.2 Å². The van der Waals surface area contributed by atoms with Crippen LogP contribution in [0, 0.1) is 3.57 Å². The summed E-state index contributed by atoms with van der Waals surface area (Å²) in [4.78, 5) is 25.1. The van der Waals surface area contributed by atoms with Gasteiger partial charge in [0, 0.05) is 33.8 Å². The second kappa shape index (κ2) is 6.93. The number of fused-ring (bicyclic) bond motifs is 1. The standard InChI is InChI=1S/C17H15F3IN3O2/c1-2-16(26)24-6-11(7-24)22-15(25)9-23-8-13(21)12-5-10(17(18,19)20)3-4-14(12)23/h2-5,8,11H,1,6-7,9H2,(H,22,25). The van der Waals surface area contributed by atoms with Gasteiger partial charge in [-0.3, -0.25) is 9.59 Å². The first kappa shape index (κ1) is 18.7. The molecule has 0 radical (unpaired) electrons. The predicted molar refractivity (Wildman–Crippen MR) is 98.4 cm³/mol. The number of nitrogens with zero attached hydrogens (tertiary/aromatic N) is 2. The molecule has 1 saturated heterocycles. The second-order valence-corrected chi connectivity index (χ2v) is 7.21. The summed E-state index contributed by atoms with van der Waals surface area (Å²) < 4.78 is 40.8. The molecule has 2 heterocycles. The molecule has 0 unspecified atom stereocenters. The van der Waals surface area contributed by atoms with Gasteiger partial charge in [-0.15, -0.1) is 0 Å². The minimum Gasteiger partial charge on any atom is -0.348 e. The molecule has 3 rings (SSSR count). The van der Waals surface area contributed by atoms with Crippen molar-refractivity contribution in [1.29, 1.82) is 0 Å². The van der Waals surface area contributed by atoms with Gasteiger partial charge < -0.3 is 14.8 Å². The maximum Gasteiger partial charge on any atom is 0.416 e. The molecule has 26 heavy (non-hydrogen) atoms. The van der Waals surface area contributed by atoms with E-state index in [1.165, 1.54) is 12.1 Å². The number of likely N-dealkylation sites (tertiary alicyclic amines) is 1. The molecule has 2 amide bonds. The summed E-state index contributed by atoms with van der Waals surface area (Å²) in [5, 5.41) is 3.27. The third-order valence-electron chi connectivity index (χ3n) is 4.21. The number of rotatable bonds is 4. The summed E-state index contributed by atoms with van der Waals surface area (Å²) in [5.74, 6) is -0.434. The zero-order valence-corrected chi connectivity index (χ0v) is 15.7. The number of aromatic nitrogens is 1. The largest absolute Gasteiger partial charge is 0.416 e. The van der Waals surface area contributed by atoms with E-state index in [-0.39, 0.29) is 24.4 Å². The molecule has 9 heteroatoms. The van der Waals surface area contributed by atoms with E-state index >= 15 is 0 Å². The molecule has 1 aromatic carbocycles. The van der Waals surface area contributed by atoms with Crippen LogP contribution in [0.25, 0.3) is 10.9 Å². The monoisotopic (exact) mass is 477 g/mol. The molecule has 0 atom stereocenters. The highest BCUT2D eigenvalue weighted by molar-refractivity contribution is 14.1. The number of hydrogen-bond donors (Lipinski definition) is 1. The van der Waals surface area contributed by atoms with Crippen molar-refractivity contribution in [1.82, 2.24) is 14.8 Å². The van der Waals surface area contributed by atoms with Crippen LogP contribution in [0.3, 0.4) is 0 Å². The highest BCUT2D eigenvalue weighted by Gasteiger charge is 2.32. The summed E-state index contributed by atoms with van der Waals surface area (Å²) in [6.45, 7) is 4.25. The fourth-order valence-electron chi connectivity index (χ4n) is 2.87. The first-order chi connectivity index (χ1) is 12.2. The Labute approximate surface area is 161 Å². The van der Waals surface area contributed by atoms with Crippen molar-refractivity contribution in [2.75, 3.05) is 13.1 Å². The van der Waals surface area contributed by atoms with Crippen molar-refractivity contribution in [3.63, 3.8) is 0 Å². The van der Waals surface area contributed by atoms with Gasteiger partial charge in [0.05, 0.1) is 11.6 Å². The lowest BCUT2D eigenvalue weighted by atomic mass is 10.1. The Morgan fingerprint density at radius 3 is 2.65 bits per heavy atom. The summed E-state index contributed by atoms with van der Waals surface area (Å²) in [7, 11) is 0. The molecule has 1 aromatic heterocycles. The van der Waals surface area contributed by atoms with E-state index in [0.717, 1.165) is 12.1 Å². The van der Waals surface area contributed by atoms with Crippen molar-refractivity contribution in [3.8, 4) is 0 Å². The molecular formula is C17H15F3IN3O2. The number of alkyl halides is 3. The van der Waals surface area contributed by atoms with Crippen molar-refractivity contribution in [2.45, 2.75) is 18.8 Å². The Kier molecular flexibility index (Phi) is 5.00. The molecular weight excluding hydrogens is 462 g/mol. The molecule has 0 spiro atoms.